The van der Waals surface area contributed by atoms with E-state index in [1.807, 2.05) is 18.2 Å². The molecule has 4 aromatic rings. The van der Waals surface area contributed by atoms with Gasteiger partial charge in [-0.3, -0.25) is 9.20 Å². The molecule has 0 atom stereocenters. The zero-order chi connectivity index (χ0) is 21.5. The van der Waals surface area contributed by atoms with Gasteiger partial charge in [-0.15, -0.1) is 0 Å². The standard InChI is InChI=1S/C20H19N5O4S/c1-12-13(2)23-29-20(12)24-30(27,28)16-9-7-15(8-10-16)22-19(26)18-14(3)21-17-6-4-5-11-25(17)18/h4-11,24H,1-3H3,(H,22,26). The lowest BCUT2D eigenvalue weighted by Crippen LogP contribution is -2.16. The number of anilines is 2. The van der Waals surface area contributed by atoms with Gasteiger partial charge in [-0.1, -0.05) is 11.2 Å². The molecule has 2 N–H and O–H groups in total. The van der Waals surface area contributed by atoms with Crippen LogP contribution in [0, 0.1) is 20.8 Å². The Morgan fingerprint density at radius 3 is 2.43 bits per heavy atom. The van der Waals surface area contributed by atoms with Gasteiger partial charge in [-0.25, -0.2) is 18.1 Å². The van der Waals surface area contributed by atoms with Gasteiger partial charge in [0.25, 0.3) is 15.9 Å². The average molecular weight is 425 g/mol. The van der Waals surface area contributed by atoms with E-state index in [2.05, 4.69) is 20.2 Å². The van der Waals surface area contributed by atoms with Crippen LogP contribution in [0.15, 0.2) is 58.1 Å². The molecule has 3 aromatic heterocycles. The summed E-state index contributed by atoms with van der Waals surface area (Å²) in [5.41, 5.74) is 3.36. The van der Waals surface area contributed by atoms with Gasteiger partial charge in [0.15, 0.2) is 0 Å². The molecule has 0 fully saturated rings. The first-order valence-corrected chi connectivity index (χ1v) is 10.6. The summed E-state index contributed by atoms with van der Waals surface area (Å²) in [5, 5.41) is 6.51. The van der Waals surface area contributed by atoms with Gasteiger partial charge in [-0.2, -0.15) is 0 Å². The van der Waals surface area contributed by atoms with Crippen molar-refractivity contribution in [2.24, 2.45) is 0 Å². The Hall–Kier alpha value is -3.66. The van der Waals surface area contributed by atoms with Crippen molar-refractivity contribution in [1.82, 2.24) is 14.5 Å². The van der Waals surface area contributed by atoms with Crippen molar-refractivity contribution in [2.75, 3.05) is 10.0 Å². The highest BCUT2D eigenvalue weighted by Gasteiger charge is 2.20. The van der Waals surface area contributed by atoms with E-state index in [0.717, 1.165) is 0 Å². The first kappa shape index (κ1) is 19.6. The minimum atomic E-state index is -3.86. The number of hydrogen-bond acceptors (Lipinski definition) is 6. The third kappa shape index (κ3) is 3.52. The Kier molecular flexibility index (Phi) is 4.78. The van der Waals surface area contributed by atoms with Gasteiger partial charge in [0, 0.05) is 17.4 Å². The highest BCUT2D eigenvalue weighted by molar-refractivity contribution is 7.92. The molecule has 0 spiro atoms. The second-order valence-corrected chi connectivity index (χ2v) is 8.46. The lowest BCUT2D eigenvalue weighted by molar-refractivity contribution is 0.102. The topological polar surface area (TPSA) is 119 Å². The Bertz CT molecular complexity index is 1350. The van der Waals surface area contributed by atoms with Crippen LogP contribution in [0.5, 0.6) is 0 Å². The van der Waals surface area contributed by atoms with E-state index in [9.17, 15) is 13.2 Å². The van der Waals surface area contributed by atoms with Crippen molar-refractivity contribution in [3.63, 3.8) is 0 Å². The lowest BCUT2D eigenvalue weighted by atomic mass is 10.3. The molecule has 1 amide bonds. The van der Waals surface area contributed by atoms with Crippen LogP contribution < -0.4 is 10.0 Å². The van der Waals surface area contributed by atoms with Crippen LogP contribution in [0.25, 0.3) is 5.65 Å². The molecule has 0 aliphatic carbocycles. The van der Waals surface area contributed by atoms with Crippen LogP contribution >= 0.6 is 0 Å². The Morgan fingerprint density at radius 2 is 1.77 bits per heavy atom. The summed E-state index contributed by atoms with van der Waals surface area (Å²) in [4.78, 5) is 17.2. The summed E-state index contributed by atoms with van der Waals surface area (Å²) in [6.45, 7) is 5.19. The SMILES string of the molecule is Cc1noc(NS(=O)(=O)c2ccc(NC(=O)c3c(C)nc4ccccn34)cc2)c1C. The number of nitrogens with one attached hydrogen (secondary N) is 2. The summed E-state index contributed by atoms with van der Waals surface area (Å²) >= 11 is 0. The number of sulfonamides is 1. The number of aromatic nitrogens is 3. The number of aryl methyl sites for hydroxylation is 2. The van der Waals surface area contributed by atoms with E-state index < -0.39 is 10.0 Å². The number of carbonyl (C=O) groups is 1. The Balaban J connectivity index is 1.54. The smallest absolute Gasteiger partial charge is 0.274 e. The maximum atomic E-state index is 12.8. The molecule has 0 bridgehead atoms. The number of imidazole rings is 1. The van der Waals surface area contributed by atoms with Gasteiger partial charge in [0.2, 0.25) is 5.88 Å². The van der Waals surface area contributed by atoms with E-state index in [4.69, 9.17) is 4.52 Å². The largest absolute Gasteiger partial charge is 0.337 e. The molecular formula is C20H19N5O4S. The van der Waals surface area contributed by atoms with Crippen LogP contribution in [0.1, 0.15) is 27.4 Å². The molecule has 0 aliphatic rings. The maximum absolute atomic E-state index is 12.8. The highest BCUT2D eigenvalue weighted by atomic mass is 32.2. The third-order valence-corrected chi connectivity index (χ3v) is 6.07. The number of rotatable bonds is 5. The van der Waals surface area contributed by atoms with Gasteiger partial charge in [0.05, 0.1) is 16.3 Å². The molecule has 10 heteroatoms. The second kappa shape index (κ2) is 7.30. The van der Waals surface area contributed by atoms with Crippen molar-refractivity contribution in [1.29, 1.82) is 0 Å². The van der Waals surface area contributed by atoms with Crippen LogP contribution in [0.3, 0.4) is 0 Å². The molecule has 0 unspecified atom stereocenters. The van der Waals surface area contributed by atoms with Gasteiger partial charge >= 0.3 is 0 Å². The lowest BCUT2D eigenvalue weighted by Gasteiger charge is -2.09. The fraction of sp³-hybridized carbons (Fsp3) is 0.150. The molecule has 4 rings (SSSR count). The van der Waals surface area contributed by atoms with Gasteiger partial charge in [-0.05, 0) is 57.2 Å². The number of hydrogen-bond donors (Lipinski definition) is 2. The van der Waals surface area contributed by atoms with E-state index in [1.165, 1.54) is 24.3 Å². The fourth-order valence-electron chi connectivity index (χ4n) is 2.99. The molecule has 154 valence electrons. The van der Waals surface area contributed by atoms with Crippen LogP contribution in [-0.4, -0.2) is 28.9 Å². The van der Waals surface area contributed by atoms with Crippen molar-refractivity contribution < 1.29 is 17.7 Å². The predicted molar refractivity (Wildman–Crippen MR) is 111 cm³/mol. The minimum absolute atomic E-state index is 0.0277. The number of pyridine rings is 1. The number of benzene rings is 1. The molecule has 0 aliphatic heterocycles. The fourth-order valence-corrected chi connectivity index (χ4v) is 4.03. The summed E-state index contributed by atoms with van der Waals surface area (Å²) in [6.07, 6.45) is 1.76. The predicted octanol–water partition coefficient (Wildman–Crippen LogP) is 3.30. The maximum Gasteiger partial charge on any atom is 0.274 e. The molecule has 0 saturated heterocycles. The minimum Gasteiger partial charge on any atom is -0.337 e. The van der Waals surface area contributed by atoms with Crippen LogP contribution in [0.4, 0.5) is 11.6 Å². The summed E-state index contributed by atoms with van der Waals surface area (Å²) in [7, 11) is -3.86. The molecule has 1 aromatic carbocycles. The summed E-state index contributed by atoms with van der Waals surface area (Å²) in [6, 6.07) is 11.3. The van der Waals surface area contributed by atoms with Crippen molar-refractivity contribution in [2.45, 2.75) is 25.7 Å². The Labute approximate surface area is 172 Å². The Morgan fingerprint density at radius 1 is 1.03 bits per heavy atom. The monoisotopic (exact) mass is 425 g/mol. The molecule has 3 heterocycles. The molecule has 30 heavy (non-hydrogen) atoms. The summed E-state index contributed by atoms with van der Waals surface area (Å²) < 4.78 is 34.2. The zero-order valence-corrected chi connectivity index (χ0v) is 17.3. The first-order chi connectivity index (χ1) is 14.3. The van der Waals surface area contributed by atoms with Crippen molar-refractivity contribution in [3.05, 3.63) is 71.3 Å². The molecule has 0 radical (unpaired) electrons. The number of fused-ring (bicyclic) bond motifs is 1. The van der Waals surface area contributed by atoms with Crippen LogP contribution in [0.2, 0.25) is 0 Å². The normalized spacial score (nSPS) is 11.6. The van der Waals surface area contributed by atoms with Crippen molar-refractivity contribution in [3.8, 4) is 0 Å². The highest BCUT2D eigenvalue weighted by Crippen LogP contribution is 2.23. The van der Waals surface area contributed by atoms with Crippen LogP contribution in [-0.2, 0) is 10.0 Å². The third-order valence-electron chi connectivity index (χ3n) is 4.73. The van der Waals surface area contributed by atoms with Crippen molar-refractivity contribution >= 4 is 33.1 Å². The summed E-state index contributed by atoms with van der Waals surface area (Å²) in [5.74, 6) is -0.263. The van der Waals surface area contributed by atoms with Gasteiger partial charge < -0.3 is 9.84 Å². The number of carbonyl (C=O) groups excluding carboxylic acids is 1. The number of nitrogens with zero attached hydrogens (tertiary/aromatic N) is 3. The molecule has 9 nitrogen and oxygen atoms in total. The van der Waals surface area contributed by atoms with E-state index in [0.29, 0.717) is 34.0 Å². The van der Waals surface area contributed by atoms with E-state index in [1.54, 1.807) is 31.4 Å². The first-order valence-electron chi connectivity index (χ1n) is 9.07. The van der Waals surface area contributed by atoms with Gasteiger partial charge in [0.1, 0.15) is 11.3 Å². The molecule has 0 saturated carbocycles. The zero-order valence-electron chi connectivity index (χ0n) is 16.5. The number of amides is 1. The van der Waals surface area contributed by atoms with E-state index >= 15 is 0 Å². The van der Waals surface area contributed by atoms with E-state index in [-0.39, 0.29) is 16.7 Å². The average Bonchev–Trinajstić information content (AvgIpc) is 3.21. The second-order valence-electron chi connectivity index (χ2n) is 6.78. The molecular weight excluding hydrogens is 406 g/mol. The quantitative estimate of drug-likeness (QED) is 0.506.